The molecule has 0 radical (unpaired) electrons. The summed E-state index contributed by atoms with van der Waals surface area (Å²) < 4.78 is 2.72. The molecule has 1 aromatic rings. The van der Waals surface area contributed by atoms with Crippen molar-refractivity contribution in [2.24, 2.45) is 0 Å². The molecular formula is C6H5BrTe2. The number of benzene rings is 1. The molecular weight excluding hydrogens is 407 g/mol. The zero-order valence-electron chi connectivity index (χ0n) is 4.54. The molecule has 0 aliphatic rings. The van der Waals surface area contributed by atoms with Crippen LogP contribution in [0, 0.1) is 0 Å². The van der Waals surface area contributed by atoms with Crippen molar-refractivity contribution in [3.8, 4) is 0 Å². The monoisotopic (exact) mass is 416 g/mol. The van der Waals surface area contributed by atoms with Crippen molar-refractivity contribution in [1.29, 1.82) is 0 Å². The van der Waals surface area contributed by atoms with Gasteiger partial charge in [-0.05, 0) is 0 Å². The Bertz CT molecular complexity index is 183. The average Bonchev–Trinajstić information content (AvgIpc) is 1.90. The summed E-state index contributed by atoms with van der Waals surface area (Å²) in [4.78, 5) is 0. The van der Waals surface area contributed by atoms with E-state index >= 15 is 0 Å². The van der Waals surface area contributed by atoms with E-state index in [4.69, 9.17) is 0 Å². The summed E-state index contributed by atoms with van der Waals surface area (Å²) in [7, 11) is 0. The Morgan fingerprint density at radius 2 is 1.78 bits per heavy atom. The van der Waals surface area contributed by atoms with Crippen LogP contribution in [0.3, 0.4) is 0 Å². The first-order valence-corrected chi connectivity index (χ1v) is 12.4. The second-order valence-electron chi connectivity index (χ2n) is 1.55. The van der Waals surface area contributed by atoms with Gasteiger partial charge in [0.05, 0.1) is 0 Å². The fraction of sp³-hybridized carbons (Fsp3) is 0. The van der Waals surface area contributed by atoms with Gasteiger partial charge in [0.2, 0.25) is 0 Å². The van der Waals surface area contributed by atoms with Crippen LogP contribution in [0.25, 0.3) is 0 Å². The Labute approximate surface area is 82.7 Å². The molecule has 0 saturated heterocycles. The van der Waals surface area contributed by atoms with Crippen molar-refractivity contribution in [3.05, 3.63) is 28.7 Å². The summed E-state index contributed by atoms with van der Waals surface area (Å²) in [5, 5.41) is 0. The van der Waals surface area contributed by atoms with E-state index in [1.807, 2.05) is 18.4 Å². The third-order valence-corrected chi connectivity index (χ3v) is 6.86. The molecule has 0 aromatic heterocycles. The molecule has 0 unspecified atom stereocenters. The molecule has 0 aliphatic heterocycles. The van der Waals surface area contributed by atoms with Crippen molar-refractivity contribution in [2.45, 2.75) is 0 Å². The van der Waals surface area contributed by atoms with E-state index < -0.39 is 0 Å². The SMILES string of the molecule is Brc1ccc([Te][TeH])cc1. The van der Waals surface area contributed by atoms with Gasteiger partial charge >= 0.3 is 83.8 Å². The molecule has 0 atom stereocenters. The van der Waals surface area contributed by atoms with Gasteiger partial charge in [-0.2, -0.15) is 0 Å². The van der Waals surface area contributed by atoms with E-state index in [2.05, 4.69) is 40.2 Å². The standard InChI is InChI=1S/C6H5BrTe2/c7-5-1-3-6(9-8)4-2-5/h1-4,8H. The summed E-state index contributed by atoms with van der Waals surface area (Å²) in [6.07, 6.45) is 0. The fourth-order valence-electron chi connectivity index (χ4n) is 0.495. The van der Waals surface area contributed by atoms with Gasteiger partial charge in [-0.3, -0.25) is 0 Å². The molecule has 0 spiro atoms. The summed E-state index contributed by atoms with van der Waals surface area (Å²) in [5.74, 6) is 0. The fourth-order valence-corrected chi connectivity index (χ4v) is 3.83. The Morgan fingerprint density at radius 1 is 1.22 bits per heavy atom. The van der Waals surface area contributed by atoms with Gasteiger partial charge in [-0.25, -0.2) is 0 Å². The first-order chi connectivity index (χ1) is 4.33. The van der Waals surface area contributed by atoms with E-state index in [1.165, 1.54) is 8.08 Å². The second-order valence-corrected chi connectivity index (χ2v) is 7.82. The zero-order valence-corrected chi connectivity index (χ0v) is 11.0. The number of hydrogen-bond donors (Lipinski definition) is 0. The zero-order chi connectivity index (χ0) is 6.69. The maximum atomic E-state index is 3.39. The van der Waals surface area contributed by atoms with Crippen LogP contribution in [0.15, 0.2) is 28.7 Å². The van der Waals surface area contributed by atoms with Crippen LogP contribution in [0.1, 0.15) is 0 Å². The van der Waals surface area contributed by atoms with Gasteiger partial charge in [-0.1, -0.05) is 0 Å². The Kier molecular flexibility index (Phi) is 3.93. The minimum absolute atomic E-state index is 0.173. The Balaban J connectivity index is 2.88. The minimum atomic E-state index is 0.173. The molecule has 0 bridgehead atoms. The van der Waals surface area contributed by atoms with Gasteiger partial charge in [0, 0.05) is 0 Å². The van der Waals surface area contributed by atoms with E-state index in [0.29, 0.717) is 0 Å². The van der Waals surface area contributed by atoms with E-state index in [0.717, 1.165) is 0 Å². The van der Waals surface area contributed by atoms with Crippen LogP contribution in [0.2, 0.25) is 0 Å². The van der Waals surface area contributed by atoms with E-state index in [1.54, 1.807) is 0 Å². The predicted octanol–water partition coefficient (Wildman–Crippen LogP) is 0.594. The first-order valence-electron chi connectivity index (χ1n) is 2.40. The van der Waals surface area contributed by atoms with Crippen molar-refractivity contribution in [3.63, 3.8) is 0 Å². The molecule has 9 heavy (non-hydrogen) atoms. The van der Waals surface area contributed by atoms with Gasteiger partial charge in [0.15, 0.2) is 0 Å². The Hall–Kier alpha value is 1.28. The van der Waals surface area contributed by atoms with Crippen LogP contribution in [-0.2, 0) is 0 Å². The van der Waals surface area contributed by atoms with Gasteiger partial charge in [0.1, 0.15) is 0 Å². The molecule has 48 valence electrons. The van der Waals surface area contributed by atoms with Gasteiger partial charge in [0.25, 0.3) is 0 Å². The summed E-state index contributed by atoms with van der Waals surface area (Å²) in [6, 6.07) is 8.62. The van der Waals surface area contributed by atoms with Crippen molar-refractivity contribution < 1.29 is 0 Å². The Morgan fingerprint density at radius 3 is 2.22 bits per heavy atom. The van der Waals surface area contributed by atoms with E-state index in [-0.39, 0.29) is 17.1 Å². The molecule has 0 amide bonds. The first kappa shape index (κ1) is 8.38. The summed E-state index contributed by atoms with van der Waals surface area (Å²) in [6.45, 7) is 0. The molecule has 0 nitrogen and oxygen atoms in total. The van der Waals surface area contributed by atoms with Crippen LogP contribution >= 0.6 is 15.9 Å². The topological polar surface area (TPSA) is 0 Å². The van der Waals surface area contributed by atoms with Gasteiger partial charge in [-0.15, -0.1) is 0 Å². The molecule has 0 heterocycles. The second kappa shape index (κ2) is 4.22. The predicted molar refractivity (Wildman–Crippen MR) is 46.7 cm³/mol. The quantitative estimate of drug-likeness (QED) is 0.593. The van der Waals surface area contributed by atoms with Crippen LogP contribution in [0.5, 0.6) is 0 Å². The van der Waals surface area contributed by atoms with Gasteiger partial charge < -0.3 is 0 Å². The molecule has 0 aliphatic carbocycles. The molecule has 3 heteroatoms. The van der Waals surface area contributed by atoms with Crippen molar-refractivity contribution >= 4 is 55.0 Å². The molecule has 1 aromatic carbocycles. The average molecular weight is 412 g/mol. The van der Waals surface area contributed by atoms with Crippen LogP contribution in [-0.4, -0.2) is 35.5 Å². The van der Waals surface area contributed by atoms with Crippen molar-refractivity contribution in [2.75, 3.05) is 0 Å². The summed E-state index contributed by atoms with van der Waals surface area (Å²) in [5.41, 5.74) is 0. The number of rotatable bonds is 1. The third-order valence-electron chi connectivity index (χ3n) is 0.919. The number of halogens is 1. The molecule has 0 N–H and O–H groups in total. The van der Waals surface area contributed by atoms with Crippen LogP contribution < -0.4 is 3.61 Å². The van der Waals surface area contributed by atoms with Crippen molar-refractivity contribution in [1.82, 2.24) is 0 Å². The number of hydrogen-bond acceptors (Lipinski definition) is 0. The molecule has 0 saturated carbocycles. The van der Waals surface area contributed by atoms with Crippen LogP contribution in [0.4, 0.5) is 0 Å². The molecule has 0 fully saturated rings. The third kappa shape index (κ3) is 2.79. The maximum absolute atomic E-state index is 3.39. The molecule has 1 rings (SSSR count). The van der Waals surface area contributed by atoms with E-state index in [9.17, 15) is 0 Å². The summed E-state index contributed by atoms with van der Waals surface area (Å²) >= 11 is 5.53. The normalized spacial score (nSPS) is 9.56.